The molecule has 2 rings (SSSR count). The Hall–Kier alpha value is -1.01. The van der Waals surface area contributed by atoms with Crippen molar-refractivity contribution in [3.05, 3.63) is 28.8 Å². The first kappa shape index (κ1) is 16.4. The van der Waals surface area contributed by atoms with Gasteiger partial charge >= 0.3 is 6.18 Å². The lowest BCUT2D eigenvalue weighted by Crippen LogP contribution is -2.18. The van der Waals surface area contributed by atoms with Crippen molar-refractivity contribution in [2.45, 2.75) is 37.9 Å². The highest BCUT2D eigenvalue weighted by Gasteiger charge is 2.32. The summed E-state index contributed by atoms with van der Waals surface area (Å²) >= 11 is 11.7. The number of aromatic nitrogens is 2. The monoisotopic (exact) mass is 342 g/mol. The average molecular weight is 343 g/mol. The lowest BCUT2D eigenvalue weighted by Gasteiger charge is -2.20. The molecule has 1 heterocycles. The maximum Gasteiger partial charge on any atom is 0.391 e. The van der Waals surface area contributed by atoms with Gasteiger partial charge in [0.25, 0.3) is 0 Å². The van der Waals surface area contributed by atoms with Gasteiger partial charge in [0.2, 0.25) is 0 Å². The predicted molar refractivity (Wildman–Crippen MR) is 74.4 cm³/mol. The van der Waals surface area contributed by atoms with Crippen LogP contribution in [-0.4, -0.2) is 15.7 Å². The first-order valence-corrected chi connectivity index (χ1v) is 6.99. The fourth-order valence-electron chi connectivity index (χ4n) is 2.28. The summed E-state index contributed by atoms with van der Waals surface area (Å²) in [6, 6.07) is 1.44. The molecule has 116 valence electrons. The summed E-state index contributed by atoms with van der Waals surface area (Å²) in [7, 11) is 0. The summed E-state index contributed by atoms with van der Waals surface area (Å²) in [6.45, 7) is 3.01. The molecule has 0 amide bonds. The maximum atomic E-state index is 13.5. The Morgan fingerprint density at radius 1 is 1.29 bits per heavy atom. The third-order valence-corrected chi connectivity index (χ3v) is 3.57. The Bertz CT molecular complexity index is 664. The highest BCUT2D eigenvalue weighted by molar-refractivity contribution is 6.31. The van der Waals surface area contributed by atoms with Gasteiger partial charge in [-0.25, -0.2) is 9.37 Å². The van der Waals surface area contributed by atoms with E-state index >= 15 is 0 Å². The van der Waals surface area contributed by atoms with E-state index in [4.69, 9.17) is 23.2 Å². The molecule has 0 bridgehead atoms. The smallest absolute Gasteiger partial charge is 0.324 e. The van der Waals surface area contributed by atoms with Gasteiger partial charge in [0.15, 0.2) is 0 Å². The Balaban J connectivity index is 2.63. The Morgan fingerprint density at radius 3 is 2.43 bits per heavy atom. The normalized spacial score (nSPS) is 15.4. The van der Waals surface area contributed by atoms with E-state index in [9.17, 15) is 17.6 Å². The van der Waals surface area contributed by atoms with Gasteiger partial charge in [-0.1, -0.05) is 11.6 Å². The second kappa shape index (κ2) is 5.65. The molecule has 0 N–H and O–H groups in total. The van der Waals surface area contributed by atoms with Crippen LogP contribution < -0.4 is 0 Å². The predicted octanol–water partition coefficient (Wildman–Crippen LogP) is 5.64. The largest absolute Gasteiger partial charge is 0.391 e. The summed E-state index contributed by atoms with van der Waals surface area (Å²) in [6.07, 6.45) is -5.36. The summed E-state index contributed by atoms with van der Waals surface area (Å²) in [5, 5.41) is -0.786. The number of alkyl halides is 4. The third kappa shape index (κ3) is 3.43. The number of hydrogen-bond acceptors (Lipinski definition) is 1. The van der Waals surface area contributed by atoms with Crippen LogP contribution in [0, 0.1) is 5.82 Å². The Labute approximate surface area is 128 Å². The van der Waals surface area contributed by atoms with Crippen molar-refractivity contribution < 1.29 is 17.6 Å². The molecule has 0 aliphatic carbocycles. The van der Waals surface area contributed by atoms with E-state index in [1.165, 1.54) is 17.6 Å². The molecular weight excluding hydrogens is 331 g/mol. The van der Waals surface area contributed by atoms with Gasteiger partial charge in [-0.15, -0.1) is 11.6 Å². The quantitative estimate of drug-likeness (QED) is 0.521. The molecule has 2 atom stereocenters. The summed E-state index contributed by atoms with van der Waals surface area (Å²) < 4.78 is 52.7. The van der Waals surface area contributed by atoms with E-state index in [1.54, 1.807) is 6.92 Å². The molecule has 1 aromatic heterocycles. The van der Waals surface area contributed by atoms with Crippen LogP contribution in [0.5, 0.6) is 0 Å². The van der Waals surface area contributed by atoms with Crippen molar-refractivity contribution in [3.8, 4) is 0 Å². The highest BCUT2D eigenvalue weighted by Crippen LogP contribution is 2.35. The molecule has 2 unspecified atom stereocenters. The minimum atomic E-state index is -4.33. The van der Waals surface area contributed by atoms with E-state index in [1.807, 2.05) is 0 Å². The number of imidazole rings is 1. The van der Waals surface area contributed by atoms with Crippen LogP contribution in [0.1, 0.15) is 37.5 Å². The fourth-order valence-corrected chi connectivity index (χ4v) is 2.59. The Kier molecular flexibility index (Phi) is 4.40. The first-order valence-electron chi connectivity index (χ1n) is 6.18. The van der Waals surface area contributed by atoms with E-state index in [0.717, 1.165) is 6.07 Å². The molecule has 0 fully saturated rings. The molecule has 0 saturated heterocycles. The van der Waals surface area contributed by atoms with Gasteiger partial charge in [-0.05, 0) is 19.9 Å². The standard InChI is InChI=1S/C13H12Cl2F4N2/c1-6(5-13(17,18)19)21-11-3-8(15)9(16)4-10(11)20-12(21)7(2)14/h3-4,6-7H,5H2,1-2H3. The van der Waals surface area contributed by atoms with Crippen LogP contribution in [0.15, 0.2) is 12.1 Å². The Morgan fingerprint density at radius 2 is 1.90 bits per heavy atom. The average Bonchev–Trinajstić information content (AvgIpc) is 2.66. The second-order valence-electron chi connectivity index (χ2n) is 4.88. The van der Waals surface area contributed by atoms with Gasteiger partial charge in [-0.2, -0.15) is 13.2 Å². The second-order valence-corrected chi connectivity index (χ2v) is 5.94. The molecule has 2 nitrogen and oxygen atoms in total. The topological polar surface area (TPSA) is 17.8 Å². The minimum Gasteiger partial charge on any atom is -0.324 e. The third-order valence-electron chi connectivity index (χ3n) is 3.08. The summed E-state index contributed by atoms with van der Waals surface area (Å²) in [5.74, 6) is -0.420. The van der Waals surface area contributed by atoms with Crippen molar-refractivity contribution in [3.63, 3.8) is 0 Å². The zero-order valence-electron chi connectivity index (χ0n) is 11.2. The van der Waals surface area contributed by atoms with Crippen LogP contribution in [0.4, 0.5) is 17.6 Å². The number of hydrogen-bond donors (Lipinski definition) is 0. The molecule has 8 heteroatoms. The number of rotatable bonds is 3. The molecule has 0 spiro atoms. The molecule has 0 radical (unpaired) electrons. The van der Waals surface area contributed by atoms with Crippen molar-refractivity contribution in [1.29, 1.82) is 0 Å². The van der Waals surface area contributed by atoms with Crippen LogP contribution >= 0.6 is 23.2 Å². The lowest BCUT2D eigenvalue weighted by atomic mass is 10.2. The van der Waals surface area contributed by atoms with Crippen molar-refractivity contribution in [2.24, 2.45) is 0 Å². The van der Waals surface area contributed by atoms with Gasteiger partial charge < -0.3 is 4.57 Å². The molecule has 2 aromatic rings. The highest BCUT2D eigenvalue weighted by atomic mass is 35.5. The lowest BCUT2D eigenvalue weighted by molar-refractivity contribution is -0.141. The van der Waals surface area contributed by atoms with E-state index in [0.29, 0.717) is 5.52 Å². The SMILES string of the molecule is CC(Cl)c1nc2cc(F)c(Cl)cc2n1C(C)CC(F)(F)F. The molecular formula is C13H12Cl2F4N2. The fraction of sp³-hybridized carbons (Fsp3) is 0.462. The zero-order chi connectivity index (χ0) is 15.9. The van der Waals surface area contributed by atoms with Crippen molar-refractivity contribution in [2.75, 3.05) is 0 Å². The zero-order valence-corrected chi connectivity index (χ0v) is 12.7. The first-order chi connectivity index (χ1) is 9.60. The number of halogens is 6. The van der Waals surface area contributed by atoms with Gasteiger partial charge in [0.05, 0.1) is 27.9 Å². The molecule has 1 aromatic carbocycles. The molecule has 21 heavy (non-hydrogen) atoms. The number of nitrogens with zero attached hydrogens (tertiary/aromatic N) is 2. The molecule has 0 saturated carbocycles. The van der Waals surface area contributed by atoms with Crippen molar-refractivity contribution >= 4 is 34.2 Å². The van der Waals surface area contributed by atoms with Gasteiger partial charge in [-0.3, -0.25) is 0 Å². The molecule has 0 aliphatic heterocycles. The maximum absolute atomic E-state index is 13.5. The minimum absolute atomic E-state index is 0.170. The van der Waals surface area contributed by atoms with Gasteiger partial charge in [0.1, 0.15) is 11.6 Å². The van der Waals surface area contributed by atoms with Crippen molar-refractivity contribution in [1.82, 2.24) is 9.55 Å². The van der Waals surface area contributed by atoms with E-state index in [2.05, 4.69) is 4.98 Å². The van der Waals surface area contributed by atoms with E-state index in [-0.39, 0.29) is 16.4 Å². The van der Waals surface area contributed by atoms with Crippen LogP contribution in [0.2, 0.25) is 5.02 Å². The number of fused-ring (bicyclic) bond motifs is 1. The van der Waals surface area contributed by atoms with Gasteiger partial charge in [0, 0.05) is 12.1 Å². The van der Waals surface area contributed by atoms with Crippen LogP contribution in [0.3, 0.4) is 0 Å². The van der Waals surface area contributed by atoms with Crippen LogP contribution in [0.25, 0.3) is 11.0 Å². The number of benzene rings is 1. The summed E-state index contributed by atoms with van der Waals surface area (Å²) in [5.41, 5.74) is 0.564. The summed E-state index contributed by atoms with van der Waals surface area (Å²) in [4.78, 5) is 4.13. The van der Waals surface area contributed by atoms with Crippen LogP contribution in [-0.2, 0) is 0 Å². The van der Waals surface area contributed by atoms with E-state index < -0.39 is 29.8 Å². The molecule has 0 aliphatic rings.